The van der Waals surface area contributed by atoms with Crippen molar-refractivity contribution in [3.8, 4) is 0 Å². The van der Waals surface area contributed by atoms with Crippen molar-refractivity contribution in [2.75, 3.05) is 0 Å². The van der Waals surface area contributed by atoms with Crippen molar-refractivity contribution >= 4 is 27.9 Å². The summed E-state index contributed by atoms with van der Waals surface area (Å²) in [5.74, 6) is -0.00324. The molecule has 0 saturated carbocycles. The predicted octanol–water partition coefficient (Wildman–Crippen LogP) is 3.40. The number of carbonyl (C=O) groups is 1. The fraction of sp³-hybridized carbons (Fsp3) is 0.0667. The van der Waals surface area contributed by atoms with E-state index in [-0.39, 0.29) is 5.78 Å². The van der Waals surface area contributed by atoms with E-state index in [4.69, 9.17) is 0 Å². The smallest absolute Gasteiger partial charge is 0.191 e. The number of benzene rings is 1. The van der Waals surface area contributed by atoms with Crippen LogP contribution >= 0.6 is 15.9 Å². The van der Waals surface area contributed by atoms with Crippen LogP contribution in [0.25, 0.3) is 6.20 Å². The van der Waals surface area contributed by atoms with Gasteiger partial charge in [-0.3, -0.25) is 4.79 Å². The van der Waals surface area contributed by atoms with E-state index in [1.807, 2.05) is 48.1 Å². The Bertz CT molecular complexity index is 588. The highest BCUT2D eigenvalue weighted by Crippen LogP contribution is 2.11. The molecular formula is C15H13BrNO+. The third kappa shape index (κ3) is 3.37. The molecule has 3 heteroatoms. The van der Waals surface area contributed by atoms with Crippen LogP contribution < -0.4 is 4.57 Å². The van der Waals surface area contributed by atoms with Gasteiger partial charge in [0, 0.05) is 21.7 Å². The lowest BCUT2D eigenvalue weighted by atomic mass is 10.1. The summed E-state index contributed by atoms with van der Waals surface area (Å²) in [5, 5.41) is 0. The third-order valence-corrected chi connectivity index (χ3v) is 3.03. The van der Waals surface area contributed by atoms with Gasteiger partial charge in [0.1, 0.15) is 0 Å². The number of nitrogens with zero attached hydrogens (tertiary/aromatic N) is 1. The number of carbonyl (C=O) groups excluding carboxylic acids is 1. The summed E-state index contributed by atoms with van der Waals surface area (Å²) in [6.45, 7) is 2.01. The van der Waals surface area contributed by atoms with E-state index < -0.39 is 0 Å². The first-order chi connectivity index (χ1) is 8.65. The molecule has 0 amide bonds. The van der Waals surface area contributed by atoms with Gasteiger partial charge in [-0.15, -0.1) is 0 Å². The maximum Gasteiger partial charge on any atom is 0.191 e. The fourth-order valence-electron chi connectivity index (χ4n) is 1.57. The van der Waals surface area contributed by atoms with Crippen molar-refractivity contribution in [1.29, 1.82) is 0 Å². The van der Waals surface area contributed by atoms with Crippen molar-refractivity contribution in [1.82, 2.24) is 0 Å². The molecule has 1 aromatic carbocycles. The zero-order chi connectivity index (χ0) is 13.0. The third-order valence-electron chi connectivity index (χ3n) is 2.50. The average Bonchev–Trinajstić information content (AvgIpc) is 2.37. The molecule has 0 aliphatic carbocycles. The number of halogens is 1. The van der Waals surface area contributed by atoms with E-state index in [1.165, 1.54) is 0 Å². The minimum Gasteiger partial charge on any atom is -0.289 e. The second-order valence-corrected chi connectivity index (χ2v) is 4.93. The van der Waals surface area contributed by atoms with Crippen LogP contribution in [0.3, 0.4) is 0 Å². The molecule has 0 saturated heterocycles. The number of aromatic nitrogens is 1. The maximum absolute atomic E-state index is 11.9. The van der Waals surface area contributed by atoms with E-state index in [9.17, 15) is 4.79 Å². The molecular weight excluding hydrogens is 290 g/mol. The fourth-order valence-corrected chi connectivity index (χ4v) is 1.84. The number of hydrogen-bond acceptors (Lipinski definition) is 1. The molecule has 0 radical (unpaired) electrons. The van der Waals surface area contributed by atoms with Gasteiger partial charge in [0.25, 0.3) is 0 Å². The van der Waals surface area contributed by atoms with Crippen LogP contribution in [0.2, 0.25) is 0 Å². The van der Waals surface area contributed by atoms with Crippen LogP contribution in [0.15, 0.2) is 59.3 Å². The zero-order valence-electron chi connectivity index (χ0n) is 10.0. The number of rotatable bonds is 3. The van der Waals surface area contributed by atoms with Crippen LogP contribution in [0.1, 0.15) is 15.9 Å². The van der Waals surface area contributed by atoms with Crippen molar-refractivity contribution in [3.63, 3.8) is 0 Å². The number of aryl methyl sites for hydroxylation is 1. The summed E-state index contributed by atoms with van der Waals surface area (Å²) >= 11 is 3.34. The Labute approximate surface area is 115 Å². The van der Waals surface area contributed by atoms with E-state index in [2.05, 4.69) is 15.9 Å². The average molecular weight is 303 g/mol. The van der Waals surface area contributed by atoms with E-state index >= 15 is 0 Å². The van der Waals surface area contributed by atoms with Crippen molar-refractivity contribution in [2.45, 2.75) is 6.92 Å². The first-order valence-corrected chi connectivity index (χ1v) is 6.40. The van der Waals surface area contributed by atoms with E-state index in [0.29, 0.717) is 5.56 Å². The first-order valence-electron chi connectivity index (χ1n) is 5.61. The predicted molar refractivity (Wildman–Crippen MR) is 75.2 cm³/mol. The van der Waals surface area contributed by atoms with E-state index in [0.717, 1.165) is 10.0 Å². The lowest BCUT2D eigenvalue weighted by Gasteiger charge is -1.95. The Hall–Kier alpha value is -1.74. The summed E-state index contributed by atoms with van der Waals surface area (Å²) < 4.78 is 2.84. The number of allylic oxidation sites excluding steroid dienone is 1. The SMILES string of the molecule is Cc1ccc[n+](/C=C\C(=O)c2ccc(Br)cc2)c1. The van der Waals surface area contributed by atoms with Crippen LogP contribution in [-0.4, -0.2) is 5.78 Å². The second kappa shape index (κ2) is 5.74. The largest absolute Gasteiger partial charge is 0.289 e. The van der Waals surface area contributed by atoms with Gasteiger partial charge in [-0.05, 0) is 37.3 Å². The molecule has 18 heavy (non-hydrogen) atoms. The van der Waals surface area contributed by atoms with Gasteiger partial charge in [-0.2, -0.15) is 4.57 Å². The highest BCUT2D eigenvalue weighted by atomic mass is 79.9. The van der Waals surface area contributed by atoms with E-state index in [1.54, 1.807) is 24.4 Å². The Balaban J connectivity index is 2.14. The van der Waals surface area contributed by atoms with Gasteiger partial charge < -0.3 is 0 Å². The second-order valence-electron chi connectivity index (χ2n) is 4.02. The van der Waals surface area contributed by atoms with Crippen molar-refractivity contribution < 1.29 is 9.36 Å². The molecule has 0 bridgehead atoms. The summed E-state index contributed by atoms with van der Waals surface area (Å²) in [7, 11) is 0. The lowest BCUT2D eigenvalue weighted by Crippen LogP contribution is -2.25. The highest BCUT2D eigenvalue weighted by Gasteiger charge is 2.03. The van der Waals surface area contributed by atoms with Gasteiger partial charge in [-0.25, -0.2) is 0 Å². The topological polar surface area (TPSA) is 20.9 Å². The minimum absolute atomic E-state index is 0.00324. The highest BCUT2D eigenvalue weighted by molar-refractivity contribution is 9.10. The number of ketones is 1. The molecule has 0 fully saturated rings. The molecule has 1 heterocycles. The van der Waals surface area contributed by atoms with Crippen LogP contribution in [0.4, 0.5) is 0 Å². The van der Waals surface area contributed by atoms with Gasteiger partial charge in [0.2, 0.25) is 0 Å². The molecule has 1 aromatic heterocycles. The molecule has 0 aliphatic heterocycles. The monoisotopic (exact) mass is 302 g/mol. The molecule has 0 N–H and O–H groups in total. The van der Waals surface area contributed by atoms with Crippen LogP contribution in [-0.2, 0) is 0 Å². The summed E-state index contributed by atoms with van der Waals surface area (Å²) in [6.07, 6.45) is 7.20. The summed E-state index contributed by atoms with van der Waals surface area (Å²) in [4.78, 5) is 11.9. The first kappa shape index (κ1) is 12.7. The van der Waals surface area contributed by atoms with Crippen molar-refractivity contribution in [3.05, 3.63) is 70.5 Å². The quantitative estimate of drug-likeness (QED) is 0.484. The molecule has 2 rings (SSSR count). The molecule has 0 spiro atoms. The Morgan fingerprint density at radius 3 is 2.61 bits per heavy atom. The minimum atomic E-state index is -0.00324. The maximum atomic E-state index is 11.9. The summed E-state index contributed by atoms with van der Waals surface area (Å²) in [6, 6.07) is 11.3. The lowest BCUT2D eigenvalue weighted by molar-refractivity contribution is -0.568. The Morgan fingerprint density at radius 1 is 1.22 bits per heavy atom. The molecule has 90 valence electrons. The summed E-state index contributed by atoms with van der Waals surface area (Å²) in [5.41, 5.74) is 1.83. The Kier molecular flexibility index (Phi) is 4.05. The number of hydrogen-bond donors (Lipinski definition) is 0. The molecule has 0 unspecified atom stereocenters. The normalized spacial score (nSPS) is 10.8. The van der Waals surface area contributed by atoms with Crippen LogP contribution in [0.5, 0.6) is 0 Å². The van der Waals surface area contributed by atoms with Crippen LogP contribution in [0, 0.1) is 6.92 Å². The van der Waals surface area contributed by atoms with Gasteiger partial charge in [0.05, 0.1) is 6.08 Å². The zero-order valence-corrected chi connectivity index (χ0v) is 11.6. The van der Waals surface area contributed by atoms with Gasteiger partial charge in [0.15, 0.2) is 24.4 Å². The van der Waals surface area contributed by atoms with Crippen molar-refractivity contribution in [2.24, 2.45) is 0 Å². The molecule has 0 atom stereocenters. The standard InChI is InChI=1S/C15H13BrNO/c1-12-3-2-9-17(11-12)10-8-15(18)13-4-6-14(16)7-5-13/h2-11H,1H3/q+1/b10-8-. The Morgan fingerprint density at radius 2 is 1.94 bits per heavy atom. The van der Waals surface area contributed by atoms with Gasteiger partial charge in [-0.1, -0.05) is 15.9 Å². The molecule has 2 nitrogen and oxygen atoms in total. The van der Waals surface area contributed by atoms with Gasteiger partial charge >= 0.3 is 0 Å². The molecule has 0 aliphatic rings. The molecule has 2 aromatic rings. The number of pyridine rings is 1.